The molecular weight excluding hydrogens is 256 g/mol. The predicted molar refractivity (Wildman–Crippen MR) is 68.7 cm³/mol. The van der Waals surface area contributed by atoms with Crippen LogP contribution < -0.4 is 5.32 Å². The molecule has 0 aliphatic rings. The molecule has 0 radical (unpaired) electrons. The minimum Gasteiger partial charge on any atom is -0.311 e. The van der Waals surface area contributed by atoms with Crippen LogP contribution in [0.25, 0.3) is 0 Å². The summed E-state index contributed by atoms with van der Waals surface area (Å²) >= 11 is 2.41. The molecule has 0 saturated carbocycles. The fourth-order valence-electron chi connectivity index (χ4n) is 1.37. The van der Waals surface area contributed by atoms with Crippen molar-refractivity contribution in [1.29, 1.82) is 0 Å². The van der Waals surface area contributed by atoms with Gasteiger partial charge in [0.05, 0.1) is 11.4 Å². The maximum absolute atomic E-state index is 12.0. The van der Waals surface area contributed by atoms with Crippen molar-refractivity contribution in [3.05, 3.63) is 22.3 Å². The van der Waals surface area contributed by atoms with Crippen LogP contribution in [-0.4, -0.2) is 19.9 Å². The molecule has 2 aromatic heterocycles. The molecule has 2 heterocycles. The van der Waals surface area contributed by atoms with Crippen LogP contribution >= 0.6 is 23.1 Å². The second-order valence-electron chi connectivity index (χ2n) is 3.59. The quantitative estimate of drug-likeness (QED) is 0.925. The third-order valence-electron chi connectivity index (χ3n) is 2.11. The molecule has 5 nitrogen and oxygen atoms in total. The number of carbonyl (C=O) groups is 1. The van der Waals surface area contributed by atoms with Crippen LogP contribution in [0.5, 0.6) is 0 Å². The lowest BCUT2D eigenvalue weighted by Gasteiger charge is -2.00. The Morgan fingerprint density at radius 3 is 2.94 bits per heavy atom. The topological polar surface area (TPSA) is 67.8 Å². The predicted octanol–water partition coefficient (Wildman–Crippen LogP) is 2.51. The van der Waals surface area contributed by atoms with Crippen molar-refractivity contribution in [2.45, 2.75) is 26.7 Å². The highest BCUT2D eigenvalue weighted by molar-refractivity contribution is 7.11. The van der Waals surface area contributed by atoms with E-state index < -0.39 is 0 Å². The first-order valence-corrected chi connectivity index (χ1v) is 6.81. The van der Waals surface area contributed by atoms with E-state index in [0.29, 0.717) is 4.88 Å². The number of rotatable bonds is 4. The van der Waals surface area contributed by atoms with Gasteiger partial charge in [0.1, 0.15) is 9.88 Å². The smallest absolute Gasteiger partial charge is 0.269 e. The minimum absolute atomic E-state index is 0.146. The molecule has 1 amide bonds. The molecule has 17 heavy (non-hydrogen) atoms. The minimum atomic E-state index is -0.146. The van der Waals surface area contributed by atoms with Gasteiger partial charge in [-0.3, -0.25) is 4.79 Å². The van der Waals surface area contributed by atoms with Crippen molar-refractivity contribution >= 4 is 34.0 Å². The fraction of sp³-hybridized carbons (Fsp3) is 0.400. The molecule has 0 unspecified atom stereocenters. The summed E-state index contributed by atoms with van der Waals surface area (Å²) in [6, 6.07) is 1.84. The van der Waals surface area contributed by atoms with E-state index in [0.717, 1.165) is 40.8 Å². The lowest BCUT2D eigenvalue weighted by molar-refractivity contribution is 0.103. The third kappa shape index (κ3) is 2.86. The van der Waals surface area contributed by atoms with E-state index in [9.17, 15) is 4.79 Å². The maximum atomic E-state index is 12.0. The molecule has 2 rings (SSSR count). The SMILES string of the molecule is CCCc1nnsc1C(=O)Nc1cc(C)ns1. The van der Waals surface area contributed by atoms with Crippen LogP contribution in [0.15, 0.2) is 6.07 Å². The number of hydrogen-bond acceptors (Lipinski definition) is 6. The van der Waals surface area contributed by atoms with Crippen LogP contribution in [0, 0.1) is 6.92 Å². The summed E-state index contributed by atoms with van der Waals surface area (Å²) in [4.78, 5) is 12.6. The molecule has 7 heteroatoms. The Morgan fingerprint density at radius 2 is 2.29 bits per heavy atom. The number of nitrogens with zero attached hydrogens (tertiary/aromatic N) is 3. The first-order chi connectivity index (χ1) is 8.20. The summed E-state index contributed by atoms with van der Waals surface area (Å²) < 4.78 is 7.94. The summed E-state index contributed by atoms with van der Waals surface area (Å²) in [7, 11) is 0. The van der Waals surface area contributed by atoms with Gasteiger partial charge >= 0.3 is 0 Å². The Bertz CT molecular complexity index is 520. The fourth-order valence-corrected chi connectivity index (χ4v) is 2.63. The Morgan fingerprint density at radius 1 is 1.47 bits per heavy atom. The van der Waals surface area contributed by atoms with Crippen LogP contribution in [0.2, 0.25) is 0 Å². The van der Waals surface area contributed by atoms with E-state index in [2.05, 4.69) is 19.3 Å². The number of carbonyl (C=O) groups excluding carboxylic acids is 1. The number of aromatic nitrogens is 3. The number of amides is 1. The van der Waals surface area contributed by atoms with E-state index >= 15 is 0 Å². The molecule has 0 saturated heterocycles. The van der Waals surface area contributed by atoms with Gasteiger partial charge < -0.3 is 5.32 Å². The first kappa shape index (κ1) is 12.1. The van der Waals surface area contributed by atoms with Crippen molar-refractivity contribution in [3.63, 3.8) is 0 Å². The van der Waals surface area contributed by atoms with Gasteiger partial charge in [0.15, 0.2) is 0 Å². The van der Waals surface area contributed by atoms with E-state index in [1.54, 1.807) is 0 Å². The number of aryl methyl sites for hydroxylation is 2. The molecule has 90 valence electrons. The van der Waals surface area contributed by atoms with Gasteiger partial charge in [-0.25, -0.2) is 0 Å². The zero-order valence-electron chi connectivity index (χ0n) is 9.56. The second-order valence-corrected chi connectivity index (χ2v) is 5.14. The molecule has 0 aromatic carbocycles. The normalized spacial score (nSPS) is 10.5. The van der Waals surface area contributed by atoms with Crippen LogP contribution in [0.1, 0.15) is 34.4 Å². The molecular formula is C10H12N4OS2. The molecule has 0 bridgehead atoms. The van der Waals surface area contributed by atoms with Gasteiger partial charge in [-0.1, -0.05) is 17.8 Å². The standard InChI is InChI=1S/C10H12N4OS2/c1-3-4-7-9(17-14-12-7)10(15)11-8-5-6(2)13-16-8/h5H,3-4H2,1-2H3,(H,11,15). The number of hydrogen-bond donors (Lipinski definition) is 1. The number of anilines is 1. The van der Waals surface area contributed by atoms with Crippen molar-refractivity contribution in [2.24, 2.45) is 0 Å². The van der Waals surface area contributed by atoms with Crippen LogP contribution in [0.4, 0.5) is 5.00 Å². The van der Waals surface area contributed by atoms with Gasteiger partial charge in [-0.15, -0.1) is 5.10 Å². The summed E-state index contributed by atoms with van der Waals surface area (Å²) in [5.41, 5.74) is 1.68. The summed E-state index contributed by atoms with van der Waals surface area (Å²) in [5, 5.41) is 7.53. The van der Waals surface area contributed by atoms with Gasteiger partial charge in [0, 0.05) is 0 Å². The Balaban J connectivity index is 2.11. The lowest BCUT2D eigenvalue weighted by atomic mass is 10.2. The van der Waals surface area contributed by atoms with Crippen molar-refractivity contribution in [1.82, 2.24) is 14.0 Å². The zero-order valence-corrected chi connectivity index (χ0v) is 11.2. The van der Waals surface area contributed by atoms with Crippen molar-refractivity contribution in [3.8, 4) is 0 Å². The Kier molecular flexibility index (Phi) is 3.80. The highest BCUT2D eigenvalue weighted by atomic mass is 32.1. The zero-order chi connectivity index (χ0) is 12.3. The van der Waals surface area contributed by atoms with Gasteiger partial charge in [-0.2, -0.15) is 4.37 Å². The van der Waals surface area contributed by atoms with Crippen molar-refractivity contribution < 1.29 is 4.79 Å². The van der Waals surface area contributed by atoms with Gasteiger partial charge in [0.25, 0.3) is 5.91 Å². The molecule has 0 spiro atoms. The molecule has 2 aromatic rings. The molecule has 0 aliphatic heterocycles. The monoisotopic (exact) mass is 268 g/mol. The molecule has 1 N–H and O–H groups in total. The largest absolute Gasteiger partial charge is 0.311 e. The van der Waals surface area contributed by atoms with E-state index in [1.807, 2.05) is 19.9 Å². The number of nitrogens with one attached hydrogen (secondary N) is 1. The average molecular weight is 268 g/mol. The summed E-state index contributed by atoms with van der Waals surface area (Å²) in [6.07, 6.45) is 1.73. The Hall–Kier alpha value is -1.34. The molecule has 0 fully saturated rings. The third-order valence-corrected chi connectivity index (χ3v) is 3.68. The van der Waals surface area contributed by atoms with E-state index in [-0.39, 0.29) is 5.91 Å². The summed E-state index contributed by atoms with van der Waals surface area (Å²) in [6.45, 7) is 3.94. The highest BCUT2D eigenvalue weighted by Gasteiger charge is 2.16. The van der Waals surface area contributed by atoms with Crippen LogP contribution in [0.3, 0.4) is 0 Å². The summed E-state index contributed by atoms with van der Waals surface area (Å²) in [5.74, 6) is -0.146. The van der Waals surface area contributed by atoms with E-state index in [1.165, 1.54) is 11.5 Å². The maximum Gasteiger partial charge on any atom is 0.269 e. The van der Waals surface area contributed by atoms with Gasteiger partial charge in [0.2, 0.25) is 0 Å². The molecule has 0 aliphatic carbocycles. The highest BCUT2D eigenvalue weighted by Crippen LogP contribution is 2.19. The van der Waals surface area contributed by atoms with E-state index in [4.69, 9.17) is 0 Å². The Labute approximate surface area is 107 Å². The first-order valence-electron chi connectivity index (χ1n) is 5.26. The lowest BCUT2D eigenvalue weighted by Crippen LogP contribution is -2.11. The van der Waals surface area contributed by atoms with Crippen molar-refractivity contribution in [2.75, 3.05) is 5.32 Å². The van der Waals surface area contributed by atoms with Crippen LogP contribution in [-0.2, 0) is 6.42 Å². The second kappa shape index (κ2) is 5.33. The molecule has 0 atom stereocenters. The van der Waals surface area contributed by atoms with Gasteiger partial charge in [-0.05, 0) is 42.5 Å². The average Bonchev–Trinajstić information content (AvgIpc) is 2.88.